The second-order valence-electron chi connectivity index (χ2n) is 2.45. The lowest BCUT2D eigenvalue weighted by Gasteiger charge is -2.04. The Morgan fingerprint density at radius 2 is 2.25 bits per heavy atom. The van der Waals surface area contributed by atoms with Crippen molar-refractivity contribution >= 4 is 0 Å². The topological polar surface area (TPSA) is 32.3 Å². The molecule has 0 amide bonds. The van der Waals surface area contributed by atoms with Crippen molar-refractivity contribution in [3.63, 3.8) is 0 Å². The van der Waals surface area contributed by atoms with Crippen LogP contribution in [0.25, 0.3) is 0 Å². The first-order chi connectivity index (χ1) is 3.83. The fraction of sp³-hybridized carbons (Fsp3) is 1.00. The van der Waals surface area contributed by atoms with Crippen LogP contribution in [0.15, 0.2) is 0 Å². The third-order valence-corrected chi connectivity index (χ3v) is 1.81. The molecule has 1 saturated carbocycles. The molecule has 2 heteroatoms. The summed E-state index contributed by atoms with van der Waals surface area (Å²) in [5.74, 6) is 0. The smallest absolute Gasteiger partial charge is 0.0555 e. The van der Waals surface area contributed by atoms with Crippen molar-refractivity contribution in [2.24, 2.45) is 0 Å². The molecule has 0 aromatic heterocycles. The summed E-state index contributed by atoms with van der Waals surface area (Å²) in [6.07, 6.45) is 3.02. The minimum absolute atomic E-state index is 0.0348. The highest BCUT2D eigenvalue weighted by atomic mass is 16.3. The molecular weight excluding hydrogens is 102 g/mol. The third kappa shape index (κ3) is 1.20. The highest BCUT2D eigenvalue weighted by Crippen LogP contribution is 2.17. The summed E-state index contributed by atoms with van der Waals surface area (Å²) in [4.78, 5) is 0. The molecule has 1 aliphatic carbocycles. The minimum Gasteiger partial charge on any atom is -0.393 e. The first-order valence-electron chi connectivity index (χ1n) is 3.18. The van der Waals surface area contributed by atoms with Crippen LogP contribution in [0, 0.1) is 0 Å². The van der Waals surface area contributed by atoms with Crippen LogP contribution >= 0.6 is 0 Å². The predicted molar refractivity (Wildman–Crippen MR) is 32.7 cm³/mol. The molecule has 8 heavy (non-hydrogen) atoms. The van der Waals surface area contributed by atoms with Gasteiger partial charge in [0.25, 0.3) is 0 Å². The van der Waals surface area contributed by atoms with E-state index in [1.165, 1.54) is 0 Å². The van der Waals surface area contributed by atoms with Crippen molar-refractivity contribution in [1.29, 1.82) is 0 Å². The van der Waals surface area contributed by atoms with E-state index in [0.29, 0.717) is 6.04 Å². The van der Waals surface area contributed by atoms with Gasteiger partial charge in [0.15, 0.2) is 0 Å². The minimum atomic E-state index is -0.0348. The van der Waals surface area contributed by atoms with E-state index < -0.39 is 0 Å². The maximum atomic E-state index is 8.99. The second-order valence-corrected chi connectivity index (χ2v) is 2.45. The zero-order valence-electron chi connectivity index (χ0n) is 5.22. The van der Waals surface area contributed by atoms with E-state index in [-0.39, 0.29) is 6.10 Å². The Bertz CT molecular complexity index is 74.9. The van der Waals surface area contributed by atoms with Gasteiger partial charge in [-0.05, 0) is 26.3 Å². The lowest BCUT2D eigenvalue weighted by Crippen LogP contribution is -2.21. The molecule has 0 radical (unpaired) electrons. The average Bonchev–Trinajstić information content (AvgIpc) is 2.14. The lowest BCUT2D eigenvalue weighted by molar-refractivity contribution is 0.180. The highest BCUT2D eigenvalue weighted by Gasteiger charge is 2.20. The van der Waals surface area contributed by atoms with E-state index in [2.05, 4.69) is 5.32 Å². The number of rotatable bonds is 1. The van der Waals surface area contributed by atoms with Gasteiger partial charge in [-0.2, -0.15) is 0 Å². The molecule has 0 unspecified atom stereocenters. The molecule has 0 saturated heterocycles. The van der Waals surface area contributed by atoms with Crippen molar-refractivity contribution in [2.75, 3.05) is 7.05 Å². The van der Waals surface area contributed by atoms with E-state index in [1.807, 2.05) is 7.05 Å². The predicted octanol–water partition coefficient (Wildman–Crippen LogP) is 0.119. The van der Waals surface area contributed by atoms with Crippen LogP contribution in [0.4, 0.5) is 0 Å². The Balaban J connectivity index is 2.22. The van der Waals surface area contributed by atoms with E-state index in [0.717, 1.165) is 19.3 Å². The number of hydrogen-bond donors (Lipinski definition) is 2. The molecule has 0 aromatic carbocycles. The van der Waals surface area contributed by atoms with Gasteiger partial charge < -0.3 is 10.4 Å². The SMILES string of the molecule is CN[C@H]1CC[C@H](O)C1. The molecule has 0 spiro atoms. The summed E-state index contributed by atoms with van der Waals surface area (Å²) >= 11 is 0. The van der Waals surface area contributed by atoms with Crippen molar-refractivity contribution in [2.45, 2.75) is 31.4 Å². The summed E-state index contributed by atoms with van der Waals surface area (Å²) < 4.78 is 0. The summed E-state index contributed by atoms with van der Waals surface area (Å²) in [6.45, 7) is 0. The molecule has 2 nitrogen and oxygen atoms in total. The number of aliphatic hydroxyl groups excluding tert-OH is 1. The Hall–Kier alpha value is -0.0800. The van der Waals surface area contributed by atoms with E-state index in [4.69, 9.17) is 5.11 Å². The van der Waals surface area contributed by atoms with Crippen molar-refractivity contribution in [1.82, 2.24) is 5.32 Å². The van der Waals surface area contributed by atoms with Gasteiger partial charge in [-0.1, -0.05) is 0 Å². The van der Waals surface area contributed by atoms with E-state index >= 15 is 0 Å². The van der Waals surface area contributed by atoms with Gasteiger partial charge in [-0.25, -0.2) is 0 Å². The van der Waals surface area contributed by atoms with Crippen molar-refractivity contribution < 1.29 is 5.11 Å². The zero-order valence-corrected chi connectivity index (χ0v) is 5.22. The summed E-state index contributed by atoms with van der Waals surface area (Å²) in [5.41, 5.74) is 0. The van der Waals surface area contributed by atoms with Crippen LogP contribution in [0.1, 0.15) is 19.3 Å². The second kappa shape index (κ2) is 2.46. The largest absolute Gasteiger partial charge is 0.393 e. The van der Waals surface area contributed by atoms with Crippen LogP contribution in [0.3, 0.4) is 0 Å². The molecular formula is C6H13NO. The van der Waals surface area contributed by atoms with Gasteiger partial charge in [-0.15, -0.1) is 0 Å². The Kier molecular flexibility index (Phi) is 1.86. The Labute approximate surface area is 49.9 Å². The molecule has 2 atom stereocenters. The Morgan fingerprint density at radius 3 is 2.50 bits per heavy atom. The summed E-state index contributed by atoms with van der Waals surface area (Å²) in [6, 6.07) is 0.574. The van der Waals surface area contributed by atoms with Gasteiger partial charge >= 0.3 is 0 Å². The van der Waals surface area contributed by atoms with Gasteiger partial charge in [0.2, 0.25) is 0 Å². The molecule has 0 heterocycles. The van der Waals surface area contributed by atoms with Crippen LogP contribution in [-0.2, 0) is 0 Å². The normalized spacial score (nSPS) is 38.2. The van der Waals surface area contributed by atoms with Crippen molar-refractivity contribution in [3.05, 3.63) is 0 Å². The van der Waals surface area contributed by atoms with Gasteiger partial charge in [0.05, 0.1) is 6.10 Å². The quantitative estimate of drug-likeness (QED) is 0.508. The summed E-state index contributed by atoms with van der Waals surface area (Å²) in [7, 11) is 1.95. The standard InChI is InChI=1S/C6H13NO/c1-7-5-2-3-6(8)4-5/h5-8H,2-4H2,1H3/t5-,6-/m0/s1. The lowest BCUT2D eigenvalue weighted by atomic mass is 10.2. The monoisotopic (exact) mass is 115 g/mol. The first kappa shape index (κ1) is 6.05. The first-order valence-corrected chi connectivity index (χ1v) is 3.18. The molecule has 1 aliphatic rings. The number of nitrogens with one attached hydrogen (secondary N) is 1. The molecule has 2 N–H and O–H groups in total. The number of hydrogen-bond acceptors (Lipinski definition) is 2. The molecule has 1 fully saturated rings. The van der Waals surface area contributed by atoms with E-state index in [1.54, 1.807) is 0 Å². The number of aliphatic hydroxyl groups is 1. The van der Waals surface area contributed by atoms with Crippen LogP contribution in [0.5, 0.6) is 0 Å². The van der Waals surface area contributed by atoms with E-state index in [9.17, 15) is 0 Å². The van der Waals surface area contributed by atoms with Crippen LogP contribution in [0.2, 0.25) is 0 Å². The average molecular weight is 115 g/mol. The van der Waals surface area contributed by atoms with Gasteiger partial charge in [0, 0.05) is 6.04 Å². The third-order valence-electron chi connectivity index (χ3n) is 1.81. The highest BCUT2D eigenvalue weighted by molar-refractivity contribution is 4.78. The fourth-order valence-electron chi connectivity index (χ4n) is 1.22. The maximum absolute atomic E-state index is 8.99. The molecule has 1 rings (SSSR count). The zero-order chi connectivity index (χ0) is 5.98. The van der Waals surface area contributed by atoms with Gasteiger partial charge in [0.1, 0.15) is 0 Å². The molecule has 0 aliphatic heterocycles. The van der Waals surface area contributed by atoms with Crippen molar-refractivity contribution in [3.8, 4) is 0 Å². The molecule has 0 bridgehead atoms. The van der Waals surface area contributed by atoms with Gasteiger partial charge in [-0.3, -0.25) is 0 Å². The van der Waals surface area contributed by atoms with Crippen LogP contribution < -0.4 is 5.32 Å². The Morgan fingerprint density at radius 1 is 1.50 bits per heavy atom. The molecule has 48 valence electrons. The maximum Gasteiger partial charge on any atom is 0.0555 e. The molecule has 0 aromatic rings. The van der Waals surface area contributed by atoms with Crippen LogP contribution in [-0.4, -0.2) is 24.3 Å². The summed E-state index contributed by atoms with van der Waals surface area (Å²) in [5, 5.41) is 12.1. The fourth-order valence-corrected chi connectivity index (χ4v) is 1.22.